The van der Waals surface area contributed by atoms with Gasteiger partial charge < -0.3 is 14.1 Å². The summed E-state index contributed by atoms with van der Waals surface area (Å²) in [6.45, 7) is 2.98. The first-order chi connectivity index (χ1) is 11.6. The summed E-state index contributed by atoms with van der Waals surface area (Å²) in [7, 11) is 1.40. The lowest BCUT2D eigenvalue weighted by Gasteiger charge is -2.30. The molecule has 2 aromatic heterocycles. The summed E-state index contributed by atoms with van der Waals surface area (Å²) in [5.74, 6) is 0.978. The molecule has 24 heavy (non-hydrogen) atoms. The zero-order chi connectivity index (χ0) is 17.1. The predicted octanol–water partition coefficient (Wildman–Crippen LogP) is 2.67. The number of esters is 1. The molecule has 2 aromatic rings. The molecule has 1 aliphatic rings. The maximum absolute atomic E-state index is 12.5. The van der Waals surface area contributed by atoms with Crippen LogP contribution in [0.2, 0.25) is 0 Å². The summed E-state index contributed by atoms with van der Waals surface area (Å²) in [6.07, 6.45) is 1.52. The van der Waals surface area contributed by atoms with Crippen molar-refractivity contribution in [3.05, 3.63) is 29.0 Å². The normalized spacial score (nSPS) is 15.5. The lowest BCUT2D eigenvalue weighted by atomic mass is 9.97. The second kappa shape index (κ2) is 7.17. The molecule has 0 bridgehead atoms. The summed E-state index contributed by atoms with van der Waals surface area (Å²) < 4.78 is 10.4. The Morgan fingerprint density at radius 2 is 2.17 bits per heavy atom. The van der Waals surface area contributed by atoms with Crippen LogP contribution in [0.15, 0.2) is 21.9 Å². The molecule has 6 nitrogen and oxygen atoms in total. The van der Waals surface area contributed by atoms with Crippen molar-refractivity contribution >= 4 is 23.2 Å². The van der Waals surface area contributed by atoms with Crippen molar-refractivity contribution in [3.63, 3.8) is 0 Å². The number of aryl methyl sites for hydroxylation is 1. The molecular weight excluding hydrogens is 328 g/mol. The van der Waals surface area contributed by atoms with Crippen LogP contribution in [0.3, 0.4) is 0 Å². The highest BCUT2D eigenvalue weighted by Gasteiger charge is 2.28. The highest BCUT2D eigenvalue weighted by Crippen LogP contribution is 2.26. The van der Waals surface area contributed by atoms with Crippen LogP contribution in [0.4, 0.5) is 0 Å². The van der Waals surface area contributed by atoms with E-state index in [0.717, 1.165) is 4.88 Å². The van der Waals surface area contributed by atoms with Gasteiger partial charge in [0.15, 0.2) is 0 Å². The van der Waals surface area contributed by atoms with Crippen LogP contribution in [-0.2, 0) is 20.7 Å². The number of aromatic nitrogens is 1. The third kappa shape index (κ3) is 3.51. The van der Waals surface area contributed by atoms with E-state index in [1.165, 1.54) is 7.11 Å². The van der Waals surface area contributed by atoms with Gasteiger partial charge in [-0.05, 0) is 31.2 Å². The molecule has 1 aliphatic heterocycles. The molecule has 0 radical (unpaired) electrons. The number of rotatable bonds is 4. The Morgan fingerprint density at radius 1 is 1.42 bits per heavy atom. The molecule has 0 unspecified atom stereocenters. The van der Waals surface area contributed by atoms with Crippen LogP contribution in [0.1, 0.15) is 24.3 Å². The molecule has 3 rings (SSSR count). The summed E-state index contributed by atoms with van der Waals surface area (Å²) in [5, 5.41) is 1.96. The average Bonchev–Trinajstić information content (AvgIpc) is 3.24. The number of carbonyl (C=O) groups excluding carboxylic acids is 2. The minimum atomic E-state index is -0.185. The van der Waals surface area contributed by atoms with Crippen molar-refractivity contribution in [1.82, 2.24) is 9.88 Å². The number of hydrogen-bond acceptors (Lipinski definition) is 6. The van der Waals surface area contributed by atoms with Crippen LogP contribution in [-0.4, -0.2) is 42.0 Å². The Hall–Kier alpha value is -2.15. The topological polar surface area (TPSA) is 72.6 Å². The molecule has 3 heterocycles. The first kappa shape index (κ1) is 16.7. The smallest absolute Gasteiger partial charge is 0.308 e. The van der Waals surface area contributed by atoms with E-state index in [4.69, 9.17) is 9.15 Å². The summed E-state index contributed by atoms with van der Waals surface area (Å²) in [4.78, 5) is 31.2. The average molecular weight is 348 g/mol. The number of likely N-dealkylation sites (tertiary alicyclic amines) is 1. The predicted molar refractivity (Wildman–Crippen MR) is 89.6 cm³/mol. The van der Waals surface area contributed by atoms with Gasteiger partial charge in [-0.3, -0.25) is 9.59 Å². The molecular formula is C17H20N2O4S. The molecule has 0 atom stereocenters. The number of hydrogen-bond donors (Lipinski definition) is 0. The van der Waals surface area contributed by atoms with Crippen LogP contribution in [0.5, 0.6) is 0 Å². The highest BCUT2D eigenvalue weighted by molar-refractivity contribution is 7.13. The molecule has 0 aromatic carbocycles. The zero-order valence-electron chi connectivity index (χ0n) is 13.8. The largest absolute Gasteiger partial charge is 0.469 e. The number of carbonyl (C=O) groups is 2. The summed E-state index contributed by atoms with van der Waals surface area (Å²) >= 11 is 1.55. The standard InChI is InChI=1S/C17H20N2O4S/c1-11-13(18-16(23-11)14-4-3-9-24-14)10-15(20)19-7-5-12(6-8-19)17(21)22-2/h3-4,9,12H,5-8,10H2,1-2H3. The summed E-state index contributed by atoms with van der Waals surface area (Å²) in [5.41, 5.74) is 0.679. The minimum Gasteiger partial charge on any atom is -0.469 e. The Labute approximate surface area is 144 Å². The molecule has 1 saturated heterocycles. The van der Waals surface area contributed by atoms with Crippen LogP contribution < -0.4 is 0 Å². The van der Waals surface area contributed by atoms with Gasteiger partial charge >= 0.3 is 5.97 Å². The molecule has 0 aliphatic carbocycles. The Bertz CT molecular complexity index is 715. The second-order valence-corrected chi connectivity index (χ2v) is 6.80. The van der Waals surface area contributed by atoms with Crippen LogP contribution in [0.25, 0.3) is 10.8 Å². The van der Waals surface area contributed by atoms with Gasteiger partial charge in [-0.25, -0.2) is 4.98 Å². The van der Waals surface area contributed by atoms with Crippen molar-refractivity contribution in [2.75, 3.05) is 20.2 Å². The quantitative estimate of drug-likeness (QED) is 0.794. The van der Waals surface area contributed by atoms with Gasteiger partial charge in [-0.1, -0.05) is 6.07 Å². The number of piperidine rings is 1. The van der Waals surface area contributed by atoms with Crippen LogP contribution in [0, 0.1) is 12.8 Å². The van der Waals surface area contributed by atoms with Gasteiger partial charge in [-0.2, -0.15) is 0 Å². The fourth-order valence-electron chi connectivity index (χ4n) is 2.88. The number of oxazole rings is 1. The third-order valence-electron chi connectivity index (χ3n) is 4.33. The zero-order valence-corrected chi connectivity index (χ0v) is 14.6. The second-order valence-electron chi connectivity index (χ2n) is 5.85. The van der Waals surface area contributed by atoms with Gasteiger partial charge in [0.05, 0.1) is 30.0 Å². The lowest BCUT2D eigenvalue weighted by molar-refractivity contribution is -0.148. The maximum atomic E-state index is 12.5. The van der Waals surface area contributed by atoms with E-state index >= 15 is 0 Å². The Balaban J connectivity index is 1.61. The van der Waals surface area contributed by atoms with Gasteiger partial charge in [0.1, 0.15) is 5.76 Å². The van der Waals surface area contributed by atoms with Crippen molar-refractivity contribution < 1.29 is 18.7 Å². The number of nitrogens with zero attached hydrogens (tertiary/aromatic N) is 2. The molecule has 0 spiro atoms. The van der Waals surface area contributed by atoms with Gasteiger partial charge in [0.25, 0.3) is 0 Å². The van der Waals surface area contributed by atoms with E-state index in [-0.39, 0.29) is 24.2 Å². The van der Waals surface area contributed by atoms with E-state index in [9.17, 15) is 9.59 Å². The monoisotopic (exact) mass is 348 g/mol. The van der Waals surface area contributed by atoms with Gasteiger partial charge in [0.2, 0.25) is 11.8 Å². The van der Waals surface area contributed by atoms with Crippen molar-refractivity contribution in [1.29, 1.82) is 0 Å². The maximum Gasteiger partial charge on any atom is 0.308 e. The van der Waals surface area contributed by atoms with Crippen molar-refractivity contribution in [2.45, 2.75) is 26.2 Å². The van der Waals surface area contributed by atoms with Crippen molar-refractivity contribution in [3.8, 4) is 10.8 Å². The van der Waals surface area contributed by atoms with E-state index < -0.39 is 0 Å². The number of ether oxygens (including phenoxy) is 1. The first-order valence-electron chi connectivity index (χ1n) is 7.94. The number of amides is 1. The van der Waals surface area contributed by atoms with Crippen LogP contribution >= 0.6 is 11.3 Å². The van der Waals surface area contributed by atoms with Crippen molar-refractivity contribution in [2.24, 2.45) is 5.92 Å². The molecule has 7 heteroatoms. The van der Waals surface area contributed by atoms with E-state index in [2.05, 4.69) is 4.98 Å². The van der Waals surface area contributed by atoms with E-state index in [1.54, 1.807) is 16.2 Å². The summed E-state index contributed by atoms with van der Waals surface area (Å²) in [6, 6.07) is 3.88. The fourth-order valence-corrected chi connectivity index (χ4v) is 3.53. The number of methoxy groups -OCH3 is 1. The van der Waals surface area contributed by atoms with E-state index in [0.29, 0.717) is 43.3 Å². The number of thiophene rings is 1. The fraction of sp³-hybridized carbons (Fsp3) is 0.471. The highest BCUT2D eigenvalue weighted by atomic mass is 32.1. The molecule has 0 N–H and O–H groups in total. The molecule has 1 amide bonds. The SMILES string of the molecule is COC(=O)C1CCN(C(=O)Cc2nc(-c3cccs3)oc2C)CC1. The Kier molecular flexibility index (Phi) is 4.99. The third-order valence-corrected chi connectivity index (χ3v) is 5.18. The molecule has 128 valence electrons. The first-order valence-corrected chi connectivity index (χ1v) is 8.82. The van der Waals surface area contributed by atoms with Gasteiger partial charge in [0, 0.05) is 13.1 Å². The molecule has 0 saturated carbocycles. The minimum absolute atomic E-state index is 0.0208. The Morgan fingerprint density at radius 3 is 2.79 bits per heavy atom. The lowest BCUT2D eigenvalue weighted by Crippen LogP contribution is -2.41. The van der Waals surface area contributed by atoms with Gasteiger partial charge in [-0.15, -0.1) is 11.3 Å². The molecule has 1 fully saturated rings. The van der Waals surface area contributed by atoms with E-state index in [1.807, 2.05) is 24.4 Å².